The van der Waals surface area contributed by atoms with Gasteiger partial charge in [-0.15, -0.1) is 0 Å². The average Bonchev–Trinajstić information content (AvgIpc) is 2.88. The Labute approximate surface area is 235 Å². The van der Waals surface area contributed by atoms with E-state index in [0.717, 1.165) is 31.0 Å². The number of hydrogen-bond donors (Lipinski definition) is 2. The Morgan fingerprint density at radius 3 is 2.49 bits per heavy atom. The van der Waals surface area contributed by atoms with Gasteiger partial charge in [-0.2, -0.15) is 18.4 Å². The Bertz CT molecular complexity index is 1380. The zero-order chi connectivity index (χ0) is 28.9. The predicted octanol–water partition coefficient (Wildman–Crippen LogP) is 5.52. The van der Waals surface area contributed by atoms with E-state index in [4.69, 9.17) is 32.7 Å². The van der Waals surface area contributed by atoms with Crippen LogP contribution < -0.4 is 15.4 Å². The topological polar surface area (TPSA) is 118 Å². The lowest BCUT2D eigenvalue weighted by atomic mass is 9.78. The van der Waals surface area contributed by atoms with Crippen LogP contribution in [-0.2, 0) is 25.3 Å². The highest BCUT2D eigenvalue weighted by molar-refractivity contribution is 8.03. The second-order valence-electron chi connectivity index (χ2n) is 7.97. The van der Waals surface area contributed by atoms with Crippen molar-refractivity contribution in [3.63, 3.8) is 0 Å². The molecular formula is C25H20Cl2F3N3O5S. The number of hydrogen-bond acceptors (Lipinski definition) is 7. The largest absolute Gasteiger partial charge is 0.492 e. The van der Waals surface area contributed by atoms with Gasteiger partial charge in [-0.3, -0.25) is 14.4 Å². The third-order valence-corrected chi connectivity index (χ3v) is 7.16. The quantitative estimate of drug-likeness (QED) is 0.302. The monoisotopic (exact) mass is 601 g/mol. The predicted molar refractivity (Wildman–Crippen MR) is 139 cm³/mol. The van der Waals surface area contributed by atoms with Crippen LogP contribution >= 0.6 is 35.0 Å². The number of amides is 2. The highest BCUT2D eigenvalue weighted by atomic mass is 35.5. The maximum absolute atomic E-state index is 13.0. The number of carbonyl (C=O) groups excluding carboxylic acids is 3. The van der Waals surface area contributed by atoms with Gasteiger partial charge < -0.3 is 20.1 Å². The van der Waals surface area contributed by atoms with Crippen molar-refractivity contribution in [2.24, 2.45) is 5.92 Å². The van der Waals surface area contributed by atoms with Crippen molar-refractivity contribution in [1.82, 2.24) is 5.32 Å². The summed E-state index contributed by atoms with van der Waals surface area (Å²) in [5, 5.41) is 14.8. The van der Waals surface area contributed by atoms with E-state index in [-0.39, 0.29) is 26.3 Å². The van der Waals surface area contributed by atoms with Crippen molar-refractivity contribution in [3.05, 3.63) is 68.2 Å². The summed E-state index contributed by atoms with van der Waals surface area (Å²) in [5.41, 5.74) is -0.954. The molecule has 0 bridgehead atoms. The van der Waals surface area contributed by atoms with E-state index in [9.17, 15) is 32.8 Å². The maximum Gasteiger partial charge on any atom is 0.416 e. The Morgan fingerprint density at radius 1 is 1.18 bits per heavy atom. The second kappa shape index (κ2) is 12.6. The number of nitriles is 1. The molecule has 2 amide bonds. The number of nitrogens with one attached hydrogen (secondary N) is 2. The molecule has 39 heavy (non-hydrogen) atoms. The maximum atomic E-state index is 13.0. The summed E-state index contributed by atoms with van der Waals surface area (Å²) in [6, 6.07) is 9.02. The first-order valence-electron chi connectivity index (χ1n) is 11.2. The van der Waals surface area contributed by atoms with Gasteiger partial charge in [0.2, 0.25) is 11.8 Å². The summed E-state index contributed by atoms with van der Waals surface area (Å²) in [5.74, 6) is -5.01. The molecule has 0 saturated carbocycles. The van der Waals surface area contributed by atoms with Gasteiger partial charge in [-0.05, 0) is 42.8 Å². The highest BCUT2D eigenvalue weighted by Gasteiger charge is 2.44. The molecule has 0 aliphatic carbocycles. The number of carbonyl (C=O) groups is 3. The molecule has 0 unspecified atom stereocenters. The minimum absolute atomic E-state index is 0.0112. The molecule has 2 aromatic carbocycles. The third-order valence-electron chi connectivity index (χ3n) is 5.51. The summed E-state index contributed by atoms with van der Waals surface area (Å²) in [7, 11) is 1.10. The molecule has 1 aliphatic rings. The van der Waals surface area contributed by atoms with Gasteiger partial charge in [-0.1, -0.05) is 41.0 Å². The molecule has 0 spiro atoms. The van der Waals surface area contributed by atoms with E-state index in [2.05, 4.69) is 10.6 Å². The Morgan fingerprint density at radius 2 is 1.90 bits per heavy atom. The van der Waals surface area contributed by atoms with Gasteiger partial charge in [0, 0.05) is 5.92 Å². The number of thioether (sulfide) groups is 1. The van der Waals surface area contributed by atoms with Crippen LogP contribution in [0, 0.1) is 17.2 Å². The molecule has 0 fully saturated rings. The normalized spacial score (nSPS) is 17.2. The number of alkyl halides is 3. The fourth-order valence-corrected chi connectivity index (χ4v) is 5.04. The fraction of sp³-hybridized carbons (Fsp3) is 0.280. The van der Waals surface area contributed by atoms with Crippen LogP contribution in [0.15, 0.2) is 47.0 Å². The Hall–Kier alpha value is -3.40. The summed E-state index contributed by atoms with van der Waals surface area (Å²) >= 11 is 13.0. The molecule has 0 radical (unpaired) electrons. The van der Waals surface area contributed by atoms with Crippen LogP contribution in [-0.4, -0.2) is 37.3 Å². The fourth-order valence-electron chi connectivity index (χ4n) is 3.78. The van der Waals surface area contributed by atoms with Gasteiger partial charge >= 0.3 is 12.1 Å². The number of halogens is 5. The first-order chi connectivity index (χ1) is 18.4. The molecule has 206 valence electrons. The van der Waals surface area contributed by atoms with Crippen LogP contribution in [0.1, 0.15) is 24.0 Å². The van der Waals surface area contributed by atoms with Gasteiger partial charge in [0.15, 0.2) is 0 Å². The molecule has 0 aromatic heterocycles. The Balaban J connectivity index is 1.92. The number of esters is 1. The molecule has 0 saturated heterocycles. The van der Waals surface area contributed by atoms with Crippen LogP contribution in [0.3, 0.4) is 0 Å². The van der Waals surface area contributed by atoms with Crippen LogP contribution in [0.2, 0.25) is 10.0 Å². The first kappa shape index (κ1) is 30.1. The van der Waals surface area contributed by atoms with Crippen LogP contribution in [0.25, 0.3) is 0 Å². The lowest BCUT2D eigenvalue weighted by molar-refractivity contribution is -0.150. The Kier molecular flexibility index (Phi) is 9.77. The van der Waals surface area contributed by atoms with E-state index < -0.39 is 47.1 Å². The van der Waals surface area contributed by atoms with Gasteiger partial charge in [0.1, 0.15) is 11.7 Å². The lowest BCUT2D eigenvalue weighted by Gasteiger charge is -2.31. The van der Waals surface area contributed by atoms with E-state index >= 15 is 0 Å². The molecule has 3 rings (SSSR count). The van der Waals surface area contributed by atoms with Crippen molar-refractivity contribution in [3.8, 4) is 11.8 Å². The molecular weight excluding hydrogens is 582 g/mol. The van der Waals surface area contributed by atoms with Crippen molar-refractivity contribution < 1.29 is 37.0 Å². The number of benzene rings is 2. The highest BCUT2D eigenvalue weighted by Crippen LogP contribution is 2.42. The molecule has 2 atom stereocenters. The van der Waals surface area contributed by atoms with E-state index in [1.54, 1.807) is 13.0 Å². The van der Waals surface area contributed by atoms with Gasteiger partial charge in [-0.25, -0.2) is 0 Å². The summed E-state index contributed by atoms with van der Waals surface area (Å²) in [6.07, 6.45) is -4.65. The zero-order valence-corrected chi connectivity index (χ0v) is 22.6. The summed E-state index contributed by atoms with van der Waals surface area (Å²) in [4.78, 5) is 38.1. The molecule has 1 heterocycles. The van der Waals surface area contributed by atoms with Crippen LogP contribution in [0.5, 0.6) is 5.75 Å². The zero-order valence-electron chi connectivity index (χ0n) is 20.3. The SMILES string of the molecule is CCOc1ccc([C@@H]2C(C#N)=C(SCC(=O)Nc3cc(C(F)(F)F)ccc3Cl)NC(=O)[C@@H]2C(=O)OC)cc1Cl. The van der Waals surface area contributed by atoms with E-state index in [1.165, 1.54) is 12.1 Å². The third kappa shape index (κ3) is 6.98. The van der Waals surface area contributed by atoms with Crippen molar-refractivity contribution in [1.29, 1.82) is 5.26 Å². The summed E-state index contributed by atoms with van der Waals surface area (Å²) in [6.45, 7) is 2.10. The number of methoxy groups -OCH3 is 1. The first-order valence-corrected chi connectivity index (χ1v) is 12.9. The van der Waals surface area contributed by atoms with Crippen molar-refractivity contribution in [2.75, 3.05) is 24.8 Å². The average molecular weight is 602 g/mol. The second-order valence-corrected chi connectivity index (χ2v) is 9.77. The molecule has 1 aliphatic heterocycles. The van der Waals surface area contributed by atoms with Gasteiger partial charge in [0.05, 0.1) is 57.4 Å². The molecule has 14 heteroatoms. The minimum atomic E-state index is -4.65. The van der Waals surface area contributed by atoms with E-state index in [0.29, 0.717) is 24.0 Å². The molecule has 8 nitrogen and oxygen atoms in total. The standard InChI is InChI=1S/C25H20Cl2F3N3O5S/c1-3-38-18-7-4-12(8-16(18)27)20-14(10-31)23(33-22(35)21(20)24(36)37-2)39-11-19(34)32-17-9-13(25(28,29)30)5-6-15(17)26/h4-9,20-21H,3,11H2,1-2H3,(H,32,34)(H,33,35)/t20-,21-/m1/s1. The number of anilines is 1. The number of allylic oxidation sites excluding steroid dienone is 1. The summed E-state index contributed by atoms with van der Waals surface area (Å²) < 4.78 is 49.3. The van der Waals surface area contributed by atoms with Gasteiger partial charge in [0.25, 0.3) is 0 Å². The number of nitrogens with zero attached hydrogens (tertiary/aromatic N) is 1. The number of ether oxygens (including phenoxy) is 2. The van der Waals surface area contributed by atoms with E-state index in [1.807, 2.05) is 6.07 Å². The van der Waals surface area contributed by atoms with Crippen molar-refractivity contribution >= 4 is 58.4 Å². The molecule has 2 aromatic rings. The van der Waals surface area contributed by atoms with Crippen LogP contribution in [0.4, 0.5) is 18.9 Å². The lowest BCUT2D eigenvalue weighted by Crippen LogP contribution is -2.44. The minimum Gasteiger partial charge on any atom is -0.492 e. The molecule has 2 N–H and O–H groups in total. The number of rotatable bonds is 8. The van der Waals surface area contributed by atoms with Crippen molar-refractivity contribution in [2.45, 2.75) is 19.0 Å². The smallest absolute Gasteiger partial charge is 0.416 e.